The number of rotatable bonds is 7. The lowest BCUT2D eigenvalue weighted by Gasteiger charge is -2.31. The Bertz CT molecular complexity index is 642. The van der Waals surface area contributed by atoms with Crippen LogP contribution in [0, 0.1) is 5.21 Å². The zero-order valence-electron chi connectivity index (χ0n) is 14.9. The van der Waals surface area contributed by atoms with Gasteiger partial charge in [0.15, 0.2) is 12.4 Å². The van der Waals surface area contributed by atoms with Gasteiger partial charge in [-0.2, -0.15) is 0 Å². The maximum Gasteiger partial charge on any atom is 0.209 e. The lowest BCUT2D eigenvalue weighted by atomic mass is 10.1. The number of nitrogens with zero attached hydrogens (tertiary/aromatic N) is 5. The lowest BCUT2D eigenvalue weighted by Crippen LogP contribution is -2.51. The first-order valence-electron chi connectivity index (χ1n) is 8.69. The monoisotopic (exact) mass is 382 g/mol. The van der Waals surface area contributed by atoms with Crippen LogP contribution >= 0.6 is 0 Å². The van der Waals surface area contributed by atoms with Gasteiger partial charge < -0.3 is 41.2 Å². The summed E-state index contributed by atoms with van der Waals surface area (Å²) in [6.45, 7) is 0.883. The number of aliphatic hydroxyl groups excluding tert-OH is 2. The molecule has 0 radical (unpaired) electrons. The first-order chi connectivity index (χ1) is 12.9. The third kappa shape index (κ3) is 4.09. The number of carbonyl (C=O) groups is 1. The average molecular weight is 382 g/mol. The highest BCUT2D eigenvalue weighted by molar-refractivity contribution is 5.96. The summed E-state index contributed by atoms with van der Waals surface area (Å²) < 4.78 is 5.88. The van der Waals surface area contributed by atoms with Crippen molar-refractivity contribution >= 4 is 24.4 Å². The number of likely N-dealkylation sites (N-methyl/N-ethyl adjacent to an activating group) is 1. The molecule has 3 aliphatic heterocycles. The van der Waals surface area contributed by atoms with Crippen LogP contribution in [-0.4, -0.2) is 101 Å². The maximum atomic E-state index is 11.0. The van der Waals surface area contributed by atoms with Crippen LogP contribution in [0.2, 0.25) is 0 Å². The van der Waals surface area contributed by atoms with E-state index in [9.17, 15) is 20.2 Å². The Morgan fingerprint density at radius 1 is 1.44 bits per heavy atom. The quantitative estimate of drug-likeness (QED) is 0.342. The minimum atomic E-state index is -1.14. The molecule has 0 saturated carbocycles. The van der Waals surface area contributed by atoms with E-state index in [2.05, 4.69) is 15.0 Å². The number of ether oxygens (including phenoxy) is 1. The van der Waals surface area contributed by atoms with E-state index in [1.54, 1.807) is 11.9 Å². The minimum Gasteiger partial charge on any atom is -0.759 e. The van der Waals surface area contributed by atoms with Crippen molar-refractivity contribution < 1.29 is 19.7 Å². The van der Waals surface area contributed by atoms with Crippen LogP contribution in [0.15, 0.2) is 15.0 Å². The number of aliphatic hydroxyl groups is 2. The van der Waals surface area contributed by atoms with Crippen molar-refractivity contribution in [2.75, 3.05) is 20.1 Å². The highest BCUT2D eigenvalue weighted by Crippen LogP contribution is 2.29. The molecule has 27 heavy (non-hydrogen) atoms. The molecule has 3 aliphatic rings. The summed E-state index contributed by atoms with van der Waals surface area (Å²) in [5.41, 5.74) is 7.16. The second kappa shape index (κ2) is 8.27. The standard InChI is InChI=1S/C15H24N7O5/c1-21(4-2-3-9(23)20-26)5-8-11(24)12(25)15(27-8)22-7-19-10-13(16)17-6-18-14(10)22/h6-8,10-12,14-15,24-25H,2-5H2,1H3,(H3-,16,17,18,20,23,26)/q-1/t8?,10?,11-,12-,14?,15?/m1/s1. The summed E-state index contributed by atoms with van der Waals surface area (Å²) in [7, 11) is 1.81. The van der Waals surface area contributed by atoms with Gasteiger partial charge in [0.1, 0.15) is 36.5 Å². The molecule has 150 valence electrons. The second-order valence-corrected chi connectivity index (χ2v) is 6.83. The highest BCUT2D eigenvalue weighted by Gasteiger charge is 2.49. The van der Waals surface area contributed by atoms with E-state index >= 15 is 0 Å². The molecule has 1 fully saturated rings. The number of amides is 1. The number of nitrogens with two attached hydrogens (primary N) is 1. The molecule has 0 aromatic heterocycles. The molecule has 1 amide bonds. The topological polar surface area (TPSA) is 171 Å². The van der Waals surface area contributed by atoms with Crippen molar-refractivity contribution in [2.45, 2.75) is 49.6 Å². The van der Waals surface area contributed by atoms with Crippen LogP contribution in [0.25, 0.3) is 0 Å². The number of hydrogen-bond donors (Lipinski definition) is 4. The molecular formula is C15H24N7O5-. The molecule has 0 aliphatic carbocycles. The largest absolute Gasteiger partial charge is 0.759 e. The molecule has 0 bridgehead atoms. The minimum absolute atomic E-state index is 0.126. The first kappa shape index (κ1) is 19.6. The van der Waals surface area contributed by atoms with E-state index in [-0.39, 0.29) is 6.42 Å². The fraction of sp³-hybridized carbons (Fsp3) is 0.733. The Kier molecular flexibility index (Phi) is 6.01. The Hall–Kier alpha value is -2.12. The number of fused-ring (bicyclic) bond motifs is 1. The van der Waals surface area contributed by atoms with Gasteiger partial charge >= 0.3 is 0 Å². The molecule has 5 N–H and O–H groups in total. The summed E-state index contributed by atoms with van der Waals surface area (Å²) in [6.07, 6.45) is -0.661. The van der Waals surface area contributed by atoms with Crippen molar-refractivity contribution in [2.24, 2.45) is 20.7 Å². The number of hydrogen-bond acceptors (Lipinski definition) is 11. The molecule has 0 aromatic carbocycles. The number of hydroxylamine groups is 1. The van der Waals surface area contributed by atoms with Crippen molar-refractivity contribution in [3.63, 3.8) is 0 Å². The molecule has 4 unspecified atom stereocenters. The van der Waals surface area contributed by atoms with Crippen LogP contribution in [0.1, 0.15) is 12.8 Å². The molecule has 6 atom stereocenters. The van der Waals surface area contributed by atoms with Crippen LogP contribution < -0.4 is 11.2 Å². The van der Waals surface area contributed by atoms with E-state index in [1.807, 2.05) is 4.90 Å². The molecule has 1 saturated heterocycles. The van der Waals surface area contributed by atoms with E-state index < -0.39 is 42.7 Å². The third-order valence-corrected chi connectivity index (χ3v) is 4.86. The molecular weight excluding hydrogens is 358 g/mol. The van der Waals surface area contributed by atoms with E-state index in [0.29, 0.717) is 25.3 Å². The normalized spacial score (nSPS) is 34.9. The zero-order valence-corrected chi connectivity index (χ0v) is 14.9. The third-order valence-electron chi connectivity index (χ3n) is 4.86. The van der Waals surface area contributed by atoms with Gasteiger partial charge in [0.2, 0.25) is 5.91 Å². The van der Waals surface area contributed by atoms with Crippen molar-refractivity contribution in [1.29, 1.82) is 0 Å². The summed E-state index contributed by atoms with van der Waals surface area (Å²) in [6, 6.07) is -0.433. The Labute approximate surface area is 156 Å². The predicted molar refractivity (Wildman–Crippen MR) is 96.9 cm³/mol. The molecule has 0 aromatic rings. The van der Waals surface area contributed by atoms with Gasteiger partial charge in [-0.25, -0.2) is 9.98 Å². The zero-order chi connectivity index (χ0) is 19.6. The van der Waals surface area contributed by atoms with Gasteiger partial charge in [-0.15, -0.1) is 0 Å². The maximum absolute atomic E-state index is 11.0. The van der Waals surface area contributed by atoms with Crippen LogP contribution in [0.4, 0.5) is 0 Å². The van der Waals surface area contributed by atoms with Crippen LogP contribution in [0.5, 0.6) is 0 Å². The Balaban J connectivity index is 1.55. The SMILES string of the molecule is CN(CCCC(=O)N[O-])CC1OC(N2C=NC3C(N)=NC=NC32)[C@H](O)[C@@H]1O. The van der Waals surface area contributed by atoms with E-state index in [1.165, 1.54) is 18.2 Å². The molecule has 12 nitrogen and oxygen atoms in total. The Morgan fingerprint density at radius 2 is 2.22 bits per heavy atom. The van der Waals surface area contributed by atoms with E-state index in [0.717, 1.165) is 0 Å². The summed E-state index contributed by atoms with van der Waals surface area (Å²) in [4.78, 5) is 26.9. The van der Waals surface area contributed by atoms with Crippen molar-refractivity contribution in [3.05, 3.63) is 5.21 Å². The van der Waals surface area contributed by atoms with Gasteiger partial charge in [-0.05, 0) is 20.0 Å². The fourth-order valence-electron chi connectivity index (χ4n) is 3.39. The fourth-order valence-corrected chi connectivity index (χ4v) is 3.39. The summed E-state index contributed by atoms with van der Waals surface area (Å²) in [5.74, 6) is -0.227. The number of carbonyl (C=O) groups excluding carboxylic acids is 1. The predicted octanol–water partition coefficient (Wildman–Crippen LogP) is -2.80. The molecule has 3 rings (SSSR count). The molecule has 12 heteroatoms. The summed E-state index contributed by atoms with van der Waals surface area (Å²) in [5, 5.41) is 31.0. The number of nitrogens with one attached hydrogen (secondary N) is 1. The Morgan fingerprint density at radius 3 is 2.96 bits per heavy atom. The van der Waals surface area contributed by atoms with Crippen molar-refractivity contribution in [3.8, 4) is 0 Å². The van der Waals surface area contributed by atoms with Crippen LogP contribution in [0.3, 0.4) is 0 Å². The smallest absolute Gasteiger partial charge is 0.209 e. The van der Waals surface area contributed by atoms with Gasteiger partial charge in [0.05, 0.1) is 6.34 Å². The van der Waals surface area contributed by atoms with Crippen LogP contribution in [-0.2, 0) is 9.53 Å². The lowest BCUT2D eigenvalue weighted by molar-refractivity contribution is -0.120. The van der Waals surface area contributed by atoms with E-state index in [4.69, 9.17) is 10.5 Å². The number of amidine groups is 1. The highest BCUT2D eigenvalue weighted by atomic mass is 16.6. The van der Waals surface area contributed by atoms with Gasteiger partial charge in [-0.1, -0.05) is 0 Å². The molecule has 0 spiro atoms. The average Bonchev–Trinajstić information content (AvgIpc) is 3.19. The first-order valence-corrected chi connectivity index (χ1v) is 8.69. The van der Waals surface area contributed by atoms with Crippen molar-refractivity contribution in [1.82, 2.24) is 15.3 Å². The molecule has 3 heterocycles. The van der Waals surface area contributed by atoms with Gasteiger partial charge in [0.25, 0.3) is 0 Å². The van der Waals surface area contributed by atoms with Gasteiger partial charge in [0, 0.05) is 13.0 Å². The summed E-state index contributed by atoms with van der Waals surface area (Å²) >= 11 is 0. The second-order valence-electron chi connectivity index (χ2n) is 6.83. The number of aliphatic imine (C=N–C) groups is 3. The van der Waals surface area contributed by atoms with Gasteiger partial charge in [-0.3, -0.25) is 9.79 Å².